The number of piperidine rings is 1. The molecule has 0 saturated carbocycles. The Morgan fingerprint density at radius 2 is 1.89 bits per heavy atom. The number of urea groups is 1. The van der Waals surface area contributed by atoms with Gasteiger partial charge in [-0.3, -0.25) is 5.32 Å². The van der Waals surface area contributed by atoms with Gasteiger partial charge < -0.3 is 10.2 Å². The van der Waals surface area contributed by atoms with Crippen molar-refractivity contribution in [2.45, 2.75) is 25.4 Å². The highest BCUT2D eigenvalue weighted by atomic mass is 16.2. The molecule has 3 aromatic rings. The number of hydrogen-bond donors (Lipinski definition) is 2. The van der Waals surface area contributed by atoms with Gasteiger partial charge in [0.25, 0.3) is 0 Å². The predicted molar refractivity (Wildman–Crippen MR) is 107 cm³/mol. The molecule has 4 rings (SSSR count). The van der Waals surface area contributed by atoms with Crippen molar-refractivity contribution in [1.82, 2.24) is 25.1 Å². The Morgan fingerprint density at radius 3 is 2.71 bits per heavy atom. The minimum absolute atomic E-state index is 0.0445. The highest BCUT2D eigenvalue weighted by molar-refractivity contribution is 5.88. The summed E-state index contributed by atoms with van der Waals surface area (Å²) in [4.78, 5) is 23.2. The van der Waals surface area contributed by atoms with Crippen LogP contribution in [0.2, 0.25) is 0 Å². The third kappa shape index (κ3) is 4.46. The van der Waals surface area contributed by atoms with Crippen LogP contribution in [0.15, 0.2) is 61.1 Å². The molecule has 0 bridgehead atoms. The molecular weight excluding hydrogens is 354 g/mol. The first kappa shape index (κ1) is 18.0. The maximum atomic E-state index is 12.5. The van der Waals surface area contributed by atoms with E-state index in [2.05, 4.69) is 30.6 Å². The number of nitrogens with one attached hydrogen (secondary N) is 2. The number of carbonyl (C=O) groups is 1. The van der Waals surface area contributed by atoms with E-state index in [0.29, 0.717) is 24.9 Å². The van der Waals surface area contributed by atoms with Crippen LogP contribution in [-0.4, -0.2) is 44.9 Å². The van der Waals surface area contributed by atoms with Crippen LogP contribution in [-0.2, 0) is 6.54 Å². The van der Waals surface area contributed by atoms with E-state index < -0.39 is 0 Å². The second-order valence-corrected chi connectivity index (χ2v) is 6.79. The van der Waals surface area contributed by atoms with E-state index in [-0.39, 0.29) is 12.1 Å². The SMILES string of the molecule is O=C(Nc1ccnn1Cc1ccccc1)NC1CCCN(c2ncccn2)C1. The maximum Gasteiger partial charge on any atom is 0.320 e. The number of amides is 2. The van der Waals surface area contributed by atoms with Crippen molar-refractivity contribution in [3.05, 3.63) is 66.6 Å². The molecule has 144 valence electrons. The minimum atomic E-state index is -0.226. The molecule has 1 unspecified atom stereocenters. The summed E-state index contributed by atoms with van der Waals surface area (Å²) < 4.78 is 1.78. The maximum absolute atomic E-state index is 12.5. The van der Waals surface area contributed by atoms with E-state index in [1.165, 1.54) is 0 Å². The zero-order chi connectivity index (χ0) is 19.2. The van der Waals surface area contributed by atoms with Crippen molar-refractivity contribution in [1.29, 1.82) is 0 Å². The van der Waals surface area contributed by atoms with Gasteiger partial charge in [0, 0.05) is 37.6 Å². The lowest BCUT2D eigenvalue weighted by atomic mass is 10.1. The Bertz CT molecular complexity index is 897. The van der Waals surface area contributed by atoms with Crippen LogP contribution < -0.4 is 15.5 Å². The van der Waals surface area contributed by atoms with E-state index in [1.54, 1.807) is 35.4 Å². The summed E-state index contributed by atoms with van der Waals surface area (Å²) in [6.45, 7) is 2.19. The number of benzene rings is 1. The normalized spacial score (nSPS) is 16.6. The first-order chi connectivity index (χ1) is 13.8. The number of anilines is 2. The molecule has 8 heteroatoms. The van der Waals surface area contributed by atoms with Crippen LogP contribution >= 0.6 is 0 Å². The molecule has 2 N–H and O–H groups in total. The molecular formula is C20H23N7O. The Labute approximate surface area is 163 Å². The summed E-state index contributed by atoms with van der Waals surface area (Å²) in [5, 5.41) is 10.3. The van der Waals surface area contributed by atoms with E-state index in [0.717, 1.165) is 24.9 Å². The largest absolute Gasteiger partial charge is 0.339 e. The molecule has 0 aliphatic carbocycles. The first-order valence-electron chi connectivity index (χ1n) is 9.43. The van der Waals surface area contributed by atoms with Gasteiger partial charge in [-0.25, -0.2) is 19.4 Å². The van der Waals surface area contributed by atoms with Gasteiger partial charge in [0.05, 0.1) is 12.7 Å². The van der Waals surface area contributed by atoms with Crippen molar-refractivity contribution >= 4 is 17.8 Å². The summed E-state index contributed by atoms with van der Waals surface area (Å²) >= 11 is 0. The fourth-order valence-corrected chi connectivity index (χ4v) is 3.39. The van der Waals surface area contributed by atoms with Crippen molar-refractivity contribution in [3.8, 4) is 0 Å². The summed E-state index contributed by atoms with van der Waals surface area (Å²) in [6.07, 6.45) is 7.07. The van der Waals surface area contributed by atoms with E-state index >= 15 is 0 Å². The second kappa shape index (κ2) is 8.51. The van der Waals surface area contributed by atoms with Crippen molar-refractivity contribution in [2.24, 2.45) is 0 Å². The summed E-state index contributed by atoms with van der Waals surface area (Å²) in [5.41, 5.74) is 1.13. The Balaban J connectivity index is 1.34. The van der Waals surface area contributed by atoms with Gasteiger partial charge in [-0.2, -0.15) is 5.10 Å². The molecule has 0 radical (unpaired) electrons. The average molecular weight is 377 g/mol. The highest BCUT2D eigenvalue weighted by Gasteiger charge is 2.23. The number of nitrogens with zero attached hydrogens (tertiary/aromatic N) is 5. The van der Waals surface area contributed by atoms with Crippen molar-refractivity contribution in [2.75, 3.05) is 23.3 Å². The fraction of sp³-hybridized carbons (Fsp3) is 0.300. The molecule has 3 heterocycles. The number of aromatic nitrogens is 4. The zero-order valence-corrected chi connectivity index (χ0v) is 15.5. The smallest absolute Gasteiger partial charge is 0.320 e. The molecule has 1 aliphatic rings. The molecule has 2 aromatic heterocycles. The molecule has 8 nitrogen and oxygen atoms in total. The summed E-state index contributed by atoms with van der Waals surface area (Å²) in [6, 6.07) is 13.4. The highest BCUT2D eigenvalue weighted by Crippen LogP contribution is 2.16. The van der Waals surface area contributed by atoms with Crippen LogP contribution in [0.25, 0.3) is 0 Å². The molecule has 2 amide bonds. The average Bonchev–Trinajstić information content (AvgIpc) is 3.16. The Kier molecular flexibility index (Phi) is 5.46. The molecule has 0 spiro atoms. The van der Waals surface area contributed by atoms with Gasteiger partial charge in [-0.1, -0.05) is 30.3 Å². The standard InChI is InChI=1S/C20H23N7O/c28-20(24-17-8-4-13-26(15-17)19-21-10-5-11-22-19)25-18-9-12-23-27(18)14-16-6-2-1-3-7-16/h1-3,5-7,9-12,17H,4,8,13-15H2,(H2,24,25,28). The number of rotatable bonds is 5. The third-order valence-electron chi connectivity index (χ3n) is 4.72. The van der Waals surface area contributed by atoms with Gasteiger partial charge >= 0.3 is 6.03 Å². The first-order valence-corrected chi connectivity index (χ1v) is 9.43. The van der Waals surface area contributed by atoms with Crippen LogP contribution in [0.1, 0.15) is 18.4 Å². The topological polar surface area (TPSA) is 88.0 Å². The monoisotopic (exact) mass is 377 g/mol. The van der Waals surface area contributed by atoms with Crippen LogP contribution in [0.5, 0.6) is 0 Å². The Hall–Kier alpha value is -3.42. The van der Waals surface area contributed by atoms with Crippen LogP contribution in [0.3, 0.4) is 0 Å². The minimum Gasteiger partial charge on any atom is -0.339 e. The van der Waals surface area contributed by atoms with Crippen molar-refractivity contribution in [3.63, 3.8) is 0 Å². The van der Waals surface area contributed by atoms with E-state index in [9.17, 15) is 4.79 Å². The molecule has 1 aliphatic heterocycles. The van der Waals surface area contributed by atoms with E-state index in [4.69, 9.17) is 0 Å². The van der Waals surface area contributed by atoms with Crippen LogP contribution in [0, 0.1) is 0 Å². The third-order valence-corrected chi connectivity index (χ3v) is 4.72. The van der Waals surface area contributed by atoms with E-state index in [1.807, 2.05) is 30.3 Å². The van der Waals surface area contributed by atoms with Crippen molar-refractivity contribution < 1.29 is 4.79 Å². The Morgan fingerprint density at radius 1 is 1.07 bits per heavy atom. The number of carbonyl (C=O) groups excluding carboxylic acids is 1. The van der Waals surface area contributed by atoms with Crippen LogP contribution in [0.4, 0.5) is 16.6 Å². The lowest BCUT2D eigenvalue weighted by Crippen LogP contribution is -2.49. The summed E-state index contributed by atoms with van der Waals surface area (Å²) in [7, 11) is 0. The quantitative estimate of drug-likeness (QED) is 0.713. The zero-order valence-electron chi connectivity index (χ0n) is 15.5. The molecule has 1 fully saturated rings. The molecule has 1 aromatic carbocycles. The summed E-state index contributed by atoms with van der Waals surface area (Å²) in [5.74, 6) is 1.37. The number of hydrogen-bond acceptors (Lipinski definition) is 5. The molecule has 1 saturated heterocycles. The van der Waals surface area contributed by atoms with Gasteiger partial charge in [0.15, 0.2) is 0 Å². The lowest BCUT2D eigenvalue weighted by molar-refractivity contribution is 0.246. The van der Waals surface area contributed by atoms with Gasteiger partial charge in [-0.15, -0.1) is 0 Å². The second-order valence-electron chi connectivity index (χ2n) is 6.79. The van der Waals surface area contributed by atoms with Gasteiger partial charge in [0.1, 0.15) is 5.82 Å². The van der Waals surface area contributed by atoms with Gasteiger partial charge in [0.2, 0.25) is 5.95 Å². The fourth-order valence-electron chi connectivity index (χ4n) is 3.39. The molecule has 28 heavy (non-hydrogen) atoms. The van der Waals surface area contributed by atoms with Gasteiger partial charge in [-0.05, 0) is 24.5 Å². The predicted octanol–water partition coefficient (Wildman–Crippen LogP) is 2.51. The lowest BCUT2D eigenvalue weighted by Gasteiger charge is -2.33. The molecule has 1 atom stereocenters.